The molecule has 0 amide bonds. The molecule has 0 aliphatic heterocycles. The first kappa shape index (κ1) is 12.2. The molecule has 0 rings (SSSR count). The predicted octanol–water partition coefficient (Wildman–Crippen LogP) is 1.32. The monoisotopic (exact) mass is 378 g/mol. The van der Waals surface area contributed by atoms with Crippen LogP contribution in [0, 0.1) is 5.92 Å². The van der Waals surface area contributed by atoms with Crippen LogP contribution in [0.15, 0.2) is 0 Å². The fraction of sp³-hybridized carbons (Fsp3) is 1.00. The van der Waals surface area contributed by atoms with Crippen LogP contribution in [0.1, 0.15) is 20.3 Å². The van der Waals surface area contributed by atoms with Crippen LogP contribution in [0.4, 0.5) is 0 Å². The Morgan fingerprint density at radius 3 is 1.91 bits per heavy atom. The molecule has 0 aromatic rings. The van der Waals surface area contributed by atoms with Crippen molar-refractivity contribution in [3.8, 4) is 0 Å². The topological polar surface area (TPSA) is 52.0 Å². The van der Waals surface area contributed by atoms with E-state index in [0.29, 0.717) is 6.42 Å². The van der Waals surface area contributed by atoms with Gasteiger partial charge in [-0.2, -0.15) is 0 Å². The van der Waals surface area contributed by atoms with Crippen LogP contribution >= 0.6 is 23.2 Å². The fourth-order valence-corrected chi connectivity index (χ4v) is 1.30. The number of hydrogen-bond acceptors (Lipinski definition) is 2. The van der Waals surface area contributed by atoms with Gasteiger partial charge >= 0.3 is 89.1 Å². The van der Waals surface area contributed by atoms with Crippen LogP contribution in [0.25, 0.3) is 0 Å². The molecule has 71 valence electrons. The fourth-order valence-electron chi connectivity index (χ4n) is 0.601. The Morgan fingerprint density at radius 1 is 1.45 bits per heavy atom. The zero-order chi connectivity index (χ0) is 9.28. The molecule has 0 bridgehead atoms. The quantitative estimate of drug-likeness (QED) is 0.574. The molecule has 0 fully saturated rings. The molecule has 2 nitrogen and oxygen atoms in total. The van der Waals surface area contributed by atoms with Crippen molar-refractivity contribution in [2.24, 2.45) is 17.4 Å². The summed E-state index contributed by atoms with van der Waals surface area (Å²) in [4.78, 5) is 0. The summed E-state index contributed by atoms with van der Waals surface area (Å²) in [5.41, 5.74) is 11.2. The van der Waals surface area contributed by atoms with E-state index < -0.39 is 4.46 Å². The van der Waals surface area contributed by atoms with Crippen molar-refractivity contribution < 1.29 is 19.8 Å². The third-order valence-corrected chi connectivity index (χ3v) is 2.94. The van der Waals surface area contributed by atoms with Gasteiger partial charge in [-0.1, -0.05) is 0 Å². The summed E-state index contributed by atoms with van der Waals surface area (Å²) in [7, 11) is 0. The van der Waals surface area contributed by atoms with Gasteiger partial charge in [-0.25, -0.2) is 0 Å². The number of nitrogens with two attached hydrogens (primary N) is 2. The van der Waals surface area contributed by atoms with Crippen LogP contribution in [-0.2, 0) is 19.8 Å². The Balaban J connectivity index is 3.99. The number of halogens is 2. The van der Waals surface area contributed by atoms with Crippen LogP contribution in [-0.4, -0.2) is 8.39 Å². The average Bonchev–Trinajstić information content (AvgIpc) is 1.56. The minimum absolute atomic E-state index is 0.184. The van der Waals surface area contributed by atoms with Crippen molar-refractivity contribution >= 4 is 23.2 Å². The molecular weight excluding hydrogens is 366 g/mol. The molecule has 0 aliphatic rings. The van der Waals surface area contributed by atoms with Gasteiger partial charge < -0.3 is 0 Å². The molecule has 0 heterocycles. The molecule has 11 heavy (non-hydrogen) atoms. The molecule has 4 N–H and O–H groups in total. The van der Waals surface area contributed by atoms with E-state index in [0.717, 1.165) is 0 Å². The summed E-state index contributed by atoms with van der Waals surface area (Å²) in [5, 5.41) is 0. The molecular formula is C6H13Cl2N2Pt. The molecule has 0 spiro atoms. The summed E-state index contributed by atoms with van der Waals surface area (Å²) < 4.78 is -1.47. The summed E-state index contributed by atoms with van der Waals surface area (Å²) >= 11 is 13.4. The molecule has 0 saturated heterocycles. The van der Waals surface area contributed by atoms with E-state index >= 15 is 0 Å². The van der Waals surface area contributed by atoms with Crippen molar-refractivity contribution in [2.75, 3.05) is 0 Å². The zero-order valence-corrected chi connectivity index (χ0v) is 10.3. The van der Waals surface area contributed by atoms with Gasteiger partial charge in [0.15, 0.2) is 0 Å². The molecule has 0 saturated carbocycles. The second-order valence-electron chi connectivity index (χ2n) is 2.95. The van der Waals surface area contributed by atoms with E-state index in [2.05, 4.69) is 19.8 Å². The maximum absolute atomic E-state index is 5.80. The van der Waals surface area contributed by atoms with Gasteiger partial charge in [0.05, 0.1) is 0 Å². The summed E-state index contributed by atoms with van der Waals surface area (Å²) in [6.07, 6.45) is 0.493. The van der Waals surface area contributed by atoms with E-state index in [4.69, 9.17) is 34.7 Å². The van der Waals surface area contributed by atoms with Crippen LogP contribution in [0.2, 0.25) is 0 Å². The Bertz CT molecular complexity index is 128. The average molecular weight is 379 g/mol. The molecule has 5 heteroatoms. The minimum atomic E-state index is -1.16. The van der Waals surface area contributed by atoms with E-state index in [1.54, 1.807) is 0 Å². The Hall–Kier alpha value is 1.19. The number of hydrogen-bond donors (Lipinski definition) is 2. The van der Waals surface area contributed by atoms with Crippen molar-refractivity contribution in [2.45, 2.75) is 28.7 Å². The van der Waals surface area contributed by atoms with Gasteiger partial charge in [-0.3, -0.25) is 0 Å². The third kappa shape index (κ3) is 6.36. The summed E-state index contributed by atoms with van der Waals surface area (Å²) in [6.45, 7) is 3.89. The Kier molecular flexibility index (Phi) is 4.36. The first-order chi connectivity index (χ1) is 4.63. The standard InChI is InChI=1S/C6H13Cl2N2.Pt/c1-4(5(2)9)3-6(7,8)10;/h4H,3,9-10H2,1-2H3;. The van der Waals surface area contributed by atoms with Gasteiger partial charge in [0.1, 0.15) is 0 Å². The molecule has 0 aliphatic carbocycles. The maximum atomic E-state index is 5.80. The van der Waals surface area contributed by atoms with E-state index in [-0.39, 0.29) is 9.85 Å². The van der Waals surface area contributed by atoms with Crippen molar-refractivity contribution in [3.05, 3.63) is 0 Å². The van der Waals surface area contributed by atoms with Crippen LogP contribution in [0.3, 0.4) is 0 Å². The van der Waals surface area contributed by atoms with E-state index in [1.165, 1.54) is 0 Å². The Labute approximate surface area is 88.9 Å². The first-order valence-electron chi connectivity index (χ1n) is 3.24. The van der Waals surface area contributed by atoms with Crippen molar-refractivity contribution in [1.29, 1.82) is 0 Å². The van der Waals surface area contributed by atoms with Gasteiger partial charge in [-0.05, 0) is 0 Å². The van der Waals surface area contributed by atoms with Crippen molar-refractivity contribution in [1.82, 2.24) is 0 Å². The van der Waals surface area contributed by atoms with Gasteiger partial charge in [0, 0.05) is 0 Å². The van der Waals surface area contributed by atoms with E-state index in [9.17, 15) is 0 Å². The number of alkyl halides is 2. The van der Waals surface area contributed by atoms with E-state index in [1.807, 2.05) is 13.8 Å². The second-order valence-corrected chi connectivity index (χ2v) is 6.94. The van der Waals surface area contributed by atoms with Gasteiger partial charge in [0.2, 0.25) is 0 Å². The molecule has 0 aromatic heterocycles. The van der Waals surface area contributed by atoms with Crippen molar-refractivity contribution in [3.63, 3.8) is 0 Å². The molecule has 0 aromatic carbocycles. The van der Waals surface area contributed by atoms with Gasteiger partial charge in [0.25, 0.3) is 0 Å². The number of rotatable bonds is 3. The predicted molar refractivity (Wildman–Crippen MR) is 45.0 cm³/mol. The molecule has 0 radical (unpaired) electrons. The molecule has 2 atom stereocenters. The summed E-state index contributed by atoms with van der Waals surface area (Å²) in [6, 6.07) is 0. The summed E-state index contributed by atoms with van der Waals surface area (Å²) in [5.74, 6) is 0.184. The normalized spacial score (nSPS) is 21.1. The second kappa shape index (κ2) is 3.93. The first-order valence-corrected chi connectivity index (χ1v) is 5.13. The molecule has 2 unspecified atom stereocenters. The van der Waals surface area contributed by atoms with Crippen LogP contribution in [0.5, 0.6) is 0 Å². The SMILES string of the molecule is CC(CC(N)(Cl)Cl)[C](C)(N)[Pt]. The third-order valence-electron chi connectivity index (χ3n) is 1.51. The van der Waals surface area contributed by atoms with Crippen LogP contribution < -0.4 is 11.5 Å². The Morgan fingerprint density at radius 2 is 1.82 bits per heavy atom. The van der Waals surface area contributed by atoms with Gasteiger partial charge in [-0.15, -0.1) is 0 Å². The zero-order valence-electron chi connectivity index (χ0n) is 6.51.